The molecule has 1 aromatic carbocycles. The van der Waals surface area contributed by atoms with Gasteiger partial charge in [0.2, 0.25) is 0 Å². The Balaban J connectivity index is 2.92. The van der Waals surface area contributed by atoms with E-state index < -0.39 is 18.7 Å². The molecule has 0 spiro atoms. The summed E-state index contributed by atoms with van der Waals surface area (Å²) in [6.07, 6.45) is 0. The van der Waals surface area contributed by atoms with Crippen LogP contribution in [0.1, 0.15) is 6.92 Å². The molecule has 0 N–H and O–H groups in total. The smallest absolute Gasteiger partial charge is 0.381 e. The van der Waals surface area contributed by atoms with Crippen LogP contribution in [0, 0.1) is 0 Å². The second kappa shape index (κ2) is 6.95. The average Bonchev–Trinajstić information content (AvgIpc) is 2.38. The normalized spacial score (nSPS) is 13.1. The third-order valence-electron chi connectivity index (χ3n) is 2.01. The number of ether oxygens (including phenoxy) is 1. The van der Waals surface area contributed by atoms with Crippen molar-refractivity contribution in [2.75, 3.05) is 14.2 Å². The van der Waals surface area contributed by atoms with Crippen LogP contribution in [0.5, 0.6) is 0 Å². The van der Waals surface area contributed by atoms with Crippen LogP contribution in [-0.2, 0) is 23.1 Å². The van der Waals surface area contributed by atoms with Gasteiger partial charge in [0.1, 0.15) is 0 Å². The van der Waals surface area contributed by atoms with Crippen molar-refractivity contribution in [2.45, 2.75) is 17.0 Å². The number of carbonyl (C=O) groups excluding carboxylic acids is 1. The zero-order valence-corrected chi connectivity index (χ0v) is 12.1. The number of hydrogen-bond acceptors (Lipinski definition) is 6. The lowest BCUT2D eigenvalue weighted by Crippen LogP contribution is -2.15. The minimum atomic E-state index is -3.49. The summed E-state index contributed by atoms with van der Waals surface area (Å²) in [5.74, 6) is -0.544. The molecule has 0 saturated carbocycles. The summed E-state index contributed by atoms with van der Waals surface area (Å²) in [5.41, 5.74) is 0. The van der Waals surface area contributed by atoms with Gasteiger partial charge in [-0.2, -0.15) is 0 Å². The molecule has 100 valence electrons. The van der Waals surface area contributed by atoms with Crippen molar-refractivity contribution in [1.29, 1.82) is 0 Å². The summed E-state index contributed by atoms with van der Waals surface area (Å²) < 4.78 is 27.0. The molecule has 0 fully saturated rings. The van der Waals surface area contributed by atoms with Gasteiger partial charge in [0, 0.05) is 26.0 Å². The second-order valence-electron chi connectivity index (χ2n) is 3.25. The van der Waals surface area contributed by atoms with Crippen LogP contribution in [0.25, 0.3) is 0 Å². The maximum atomic E-state index is 12.2. The van der Waals surface area contributed by atoms with E-state index in [0.29, 0.717) is 0 Å². The Morgan fingerprint density at radius 1 is 1.22 bits per heavy atom. The van der Waals surface area contributed by atoms with E-state index in [1.807, 2.05) is 30.3 Å². The summed E-state index contributed by atoms with van der Waals surface area (Å²) in [6.45, 7) is 1.24. The molecule has 0 heterocycles. The molecule has 0 saturated heterocycles. The lowest BCUT2D eigenvalue weighted by molar-refractivity contribution is -0.140. The topological polar surface area (TPSA) is 61.8 Å². The largest absolute Gasteiger partial charge is 0.438 e. The first-order valence-electron chi connectivity index (χ1n) is 5.12. The summed E-state index contributed by atoms with van der Waals surface area (Å²) in [4.78, 5) is 11.9. The molecule has 18 heavy (non-hydrogen) atoms. The maximum Gasteiger partial charge on any atom is 0.381 e. The van der Waals surface area contributed by atoms with Gasteiger partial charge in [-0.1, -0.05) is 30.0 Å². The third kappa shape index (κ3) is 4.14. The van der Waals surface area contributed by atoms with Crippen molar-refractivity contribution in [3.05, 3.63) is 30.3 Å². The number of benzene rings is 1. The Morgan fingerprint density at radius 3 is 2.22 bits per heavy atom. The van der Waals surface area contributed by atoms with Gasteiger partial charge in [-0.3, -0.25) is 9.36 Å². The van der Waals surface area contributed by atoms with E-state index in [2.05, 4.69) is 0 Å². The Hall–Kier alpha value is -0.810. The van der Waals surface area contributed by atoms with Crippen molar-refractivity contribution in [3.63, 3.8) is 0 Å². The molecule has 0 aliphatic heterocycles. The fraction of sp³-hybridized carbons (Fsp3) is 0.364. The molecular weight excluding hydrogens is 275 g/mol. The number of rotatable bonds is 6. The van der Waals surface area contributed by atoms with E-state index in [4.69, 9.17) is 13.8 Å². The molecule has 7 heteroatoms. The van der Waals surface area contributed by atoms with Gasteiger partial charge in [-0.25, -0.2) is 0 Å². The third-order valence-corrected chi connectivity index (χ3v) is 5.59. The molecule has 0 radical (unpaired) electrons. The van der Waals surface area contributed by atoms with E-state index in [-0.39, 0.29) is 0 Å². The zero-order chi connectivity index (χ0) is 13.6. The Morgan fingerprint density at radius 2 is 1.78 bits per heavy atom. The molecule has 1 rings (SSSR count). The quantitative estimate of drug-likeness (QED) is 0.347. The maximum absolute atomic E-state index is 12.2. The van der Waals surface area contributed by atoms with Crippen molar-refractivity contribution in [1.82, 2.24) is 0 Å². The molecule has 0 aliphatic carbocycles. The van der Waals surface area contributed by atoms with E-state index in [9.17, 15) is 9.36 Å². The van der Waals surface area contributed by atoms with Crippen LogP contribution in [0.2, 0.25) is 0 Å². The molecular formula is C11H15O5PS. The number of esters is 1. The van der Waals surface area contributed by atoms with Crippen LogP contribution in [0.3, 0.4) is 0 Å². The molecule has 1 atom stereocenters. The number of thioether (sulfide) groups is 1. The van der Waals surface area contributed by atoms with E-state index in [0.717, 1.165) is 16.7 Å². The van der Waals surface area contributed by atoms with Gasteiger partial charge in [-0.05, 0) is 12.1 Å². The number of carbonyl (C=O) groups is 1. The first-order valence-corrected chi connectivity index (χ1v) is 7.61. The van der Waals surface area contributed by atoms with Gasteiger partial charge in [0.05, 0.1) is 0 Å². The monoisotopic (exact) mass is 290 g/mol. The van der Waals surface area contributed by atoms with Crippen molar-refractivity contribution >= 4 is 25.3 Å². The fourth-order valence-electron chi connectivity index (χ4n) is 1.16. The molecule has 1 unspecified atom stereocenters. The highest BCUT2D eigenvalue weighted by Crippen LogP contribution is 2.57. The van der Waals surface area contributed by atoms with E-state index >= 15 is 0 Å². The highest BCUT2D eigenvalue weighted by molar-refractivity contribution is 8.05. The standard InChI is InChI=1S/C11H15O5PS/c1-9(12)16-11(17(13,14-2)15-3)18-10-7-5-4-6-8-10/h4-8,11H,1-3H3. The predicted octanol–water partition coefficient (Wildman–Crippen LogP) is 3.11. The molecule has 1 aromatic rings. The summed E-state index contributed by atoms with van der Waals surface area (Å²) in [6, 6.07) is 9.15. The summed E-state index contributed by atoms with van der Waals surface area (Å²) >= 11 is 1.12. The van der Waals surface area contributed by atoms with Gasteiger partial charge < -0.3 is 13.8 Å². The van der Waals surface area contributed by atoms with Crippen LogP contribution in [-0.4, -0.2) is 25.4 Å². The van der Waals surface area contributed by atoms with Crippen molar-refractivity contribution < 1.29 is 23.1 Å². The molecule has 5 nitrogen and oxygen atoms in total. The van der Waals surface area contributed by atoms with Gasteiger partial charge in [-0.15, -0.1) is 0 Å². The van der Waals surface area contributed by atoms with Gasteiger partial charge >= 0.3 is 13.6 Å². The lowest BCUT2D eigenvalue weighted by atomic mass is 10.4. The van der Waals surface area contributed by atoms with Crippen LogP contribution >= 0.6 is 19.4 Å². The first-order chi connectivity index (χ1) is 8.51. The second-order valence-corrected chi connectivity index (χ2v) is 7.02. The van der Waals surface area contributed by atoms with E-state index in [1.165, 1.54) is 21.1 Å². The zero-order valence-electron chi connectivity index (χ0n) is 10.4. The molecule has 0 aromatic heterocycles. The summed E-state index contributed by atoms with van der Waals surface area (Å²) in [7, 11) is -0.978. The predicted molar refractivity (Wildman–Crippen MR) is 69.5 cm³/mol. The summed E-state index contributed by atoms with van der Waals surface area (Å²) in [5, 5.41) is -1.02. The Kier molecular flexibility index (Phi) is 5.88. The van der Waals surface area contributed by atoms with E-state index in [1.54, 1.807) is 0 Å². The van der Waals surface area contributed by atoms with Crippen LogP contribution < -0.4 is 0 Å². The highest BCUT2D eigenvalue weighted by Gasteiger charge is 2.37. The molecule has 0 bridgehead atoms. The Bertz CT molecular complexity index is 428. The molecule has 0 aliphatic rings. The lowest BCUT2D eigenvalue weighted by Gasteiger charge is -2.23. The molecule has 0 amide bonds. The van der Waals surface area contributed by atoms with Crippen molar-refractivity contribution in [3.8, 4) is 0 Å². The van der Waals surface area contributed by atoms with Gasteiger partial charge in [0.25, 0.3) is 5.18 Å². The Labute approximate surface area is 110 Å². The fourth-order valence-corrected chi connectivity index (χ4v) is 4.06. The average molecular weight is 290 g/mol. The highest BCUT2D eigenvalue weighted by atomic mass is 32.2. The SMILES string of the molecule is COP(=O)(OC)C(OC(C)=O)Sc1ccccc1. The minimum absolute atomic E-state index is 0.544. The van der Waals surface area contributed by atoms with Crippen LogP contribution in [0.4, 0.5) is 0 Å². The first kappa shape index (κ1) is 15.2. The van der Waals surface area contributed by atoms with Gasteiger partial charge in [0.15, 0.2) is 0 Å². The van der Waals surface area contributed by atoms with Crippen LogP contribution in [0.15, 0.2) is 35.2 Å². The minimum Gasteiger partial charge on any atom is -0.438 e. The number of hydrogen-bond donors (Lipinski definition) is 0. The van der Waals surface area contributed by atoms with Crippen molar-refractivity contribution in [2.24, 2.45) is 0 Å².